The third kappa shape index (κ3) is 3.74. The molecule has 0 fully saturated rings. The largest absolute Gasteiger partial charge is 0.293 e. The first-order valence-corrected chi connectivity index (χ1v) is 7.31. The van der Waals surface area contributed by atoms with Crippen molar-refractivity contribution in [2.45, 2.75) is 39.0 Å². The smallest absolute Gasteiger partial charge is 0.173 e. The van der Waals surface area contributed by atoms with Crippen LogP contribution in [0.5, 0.6) is 0 Å². The summed E-state index contributed by atoms with van der Waals surface area (Å²) in [5.41, 5.74) is 1.28. The minimum atomic E-state index is 0.119. The molecular formula is C16H19NOS. The molecule has 2 aromatic heterocycles. The molecule has 0 aliphatic rings. The summed E-state index contributed by atoms with van der Waals surface area (Å²) in [6.07, 6.45) is 4.88. The van der Waals surface area contributed by atoms with Crippen LogP contribution in [0.15, 0.2) is 36.7 Å². The Morgan fingerprint density at radius 1 is 1.16 bits per heavy atom. The Hall–Kier alpha value is -1.48. The summed E-state index contributed by atoms with van der Waals surface area (Å²) in [5, 5.41) is 0. The van der Waals surface area contributed by atoms with Crippen molar-refractivity contribution in [2.75, 3.05) is 0 Å². The van der Waals surface area contributed by atoms with Gasteiger partial charge in [-0.05, 0) is 41.7 Å². The number of pyridine rings is 1. The molecule has 0 aliphatic carbocycles. The Morgan fingerprint density at radius 3 is 2.42 bits per heavy atom. The Morgan fingerprint density at radius 2 is 1.84 bits per heavy atom. The first kappa shape index (κ1) is 13.9. The second-order valence-corrected chi connectivity index (χ2v) is 6.78. The number of carbonyl (C=O) groups is 1. The number of Topliss-reactive ketones (excluding diaryl/α,β-unsaturated/α-hetero) is 1. The Balaban J connectivity index is 1.99. The number of ketones is 1. The fourth-order valence-electron chi connectivity index (χ4n) is 1.82. The molecule has 0 N–H and O–H groups in total. The topological polar surface area (TPSA) is 30.0 Å². The van der Waals surface area contributed by atoms with Crippen molar-refractivity contribution in [1.82, 2.24) is 4.98 Å². The second kappa shape index (κ2) is 5.66. The highest BCUT2D eigenvalue weighted by molar-refractivity contribution is 7.14. The molecule has 0 unspecified atom stereocenters. The third-order valence-electron chi connectivity index (χ3n) is 3.01. The van der Waals surface area contributed by atoms with Gasteiger partial charge in [0.05, 0.1) is 4.88 Å². The molecule has 0 amide bonds. The van der Waals surface area contributed by atoms with E-state index in [1.165, 1.54) is 4.88 Å². The van der Waals surface area contributed by atoms with Crippen molar-refractivity contribution in [1.29, 1.82) is 0 Å². The second-order valence-electron chi connectivity index (χ2n) is 5.69. The van der Waals surface area contributed by atoms with E-state index < -0.39 is 0 Å². The standard InChI is InChI=1S/C16H19NOS/c1-16(2,3)15-7-6-14(19-15)13(18)5-4-12-8-10-17-11-9-12/h6-11H,4-5H2,1-3H3. The number of hydrogen-bond donors (Lipinski definition) is 0. The van der Waals surface area contributed by atoms with Crippen molar-refractivity contribution < 1.29 is 4.79 Å². The maximum Gasteiger partial charge on any atom is 0.173 e. The zero-order chi connectivity index (χ0) is 13.9. The van der Waals surface area contributed by atoms with Crippen molar-refractivity contribution in [3.05, 3.63) is 52.0 Å². The lowest BCUT2D eigenvalue weighted by atomic mass is 9.95. The fraction of sp³-hybridized carbons (Fsp3) is 0.375. The van der Waals surface area contributed by atoms with Crippen LogP contribution in [0.3, 0.4) is 0 Å². The normalized spacial score (nSPS) is 11.5. The summed E-state index contributed by atoms with van der Waals surface area (Å²) in [6.45, 7) is 6.51. The van der Waals surface area contributed by atoms with Gasteiger partial charge in [0.1, 0.15) is 0 Å². The first-order chi connectivity index (χ1) is 8.97. The molecule has 2 rings (SSSR count). The molecular weight excluding hydrogens is 254 g/mol. The highest BCUT2D eigenvalue weighted by atomic mass is 32.1. The van der Waals surface area contributed by atoms with Gasteiger partial charge in [-0.25, -0.2) is 0 Å². The van der Waals surface area contributed by atoms with Gasteiger partial charge >= 0.3 is 0 Å². The molecule has 100 valence electrons. The van der Waals surface area contributed by atoms with Crippen LogP contribution in [-0.4, -0.2) is 10.8 Å². The quantitative estimate of drug-likeness (QED) is 0.779. The summed E-state index contributed by atoms with van der Waals surface area (Å²) in [5.74, 6) is 0.234. The first-order valence-electron chi connectivity index (χ1n) is 6.49. The van der Waals surface area contributed by atoms with Crippen LogP contribution < -0.4 is 0 Å². The third-order valence-corrected chi connectivity index (χ3v) is 4.56. The maximum absolute atomic E-state index is 12.2. The molecule has 0 radical (unpaired) electrons. The molecule has 3 heteroatoms. The average molecular weight is 273 g/mol. The van der Waals surface area contributed by atoms with E-state index in [9.17, 15) is 4.79 Å². The Kier molecular flexibility index (Phi) is 4.15. The van der Waals surface area contributed by atoms with Crippen LogP contribution in [0.2, 0.25) is 0 Å². The number of nitrogens with zero attached hydrogens (tertiary/aromatic N) is 1. The minimum absolute atomic E-state index is 0.119. The average Bonchev–Trinajstić information content (AvgIpc) is 2.87. The van der Waals surface area contributed by atoms with Crippen LogP contribution in [0.4, 0.5) is 0 Å². The van der Waals surface area contributed by atoms with E-state index in [1.807, 2.05) is 18.2 Å². The number of hydrogen-bond acceptors (Lipinski definition) is 3. The molecule has 19 heavy (non-hydrogen) atoms. The van der Waals surface area contributed by atoms with Gasteiger partial charge in [0.2, 0.25) is 0 Å². The Bertz CT molecular complexity index is 552. The van der Waals surface area contributed by atoms with Gasteiger partial charge in [0, 0.05) is 23.7 Å². The predicted octanol–water partition coefficient (Wildman–Crippen LogP) is 4.26. The molecule has 0 bridgehead atoms. The summed E-state index contributed by atoms with van der Waals surface area (Å²) >= 11 is 1.62. The number of aryl methyl sites for hydroxylation is 1. The minimum Gasteiger partial charge on any atom is -0.293 e. The SMILES string of the molecule is CC(C)(C)c1ccc(C(=O)CCc2ccncc2)s1. The van der Waals surface area contributed by atoms with E-state index in [-0.39, 0.29) is 11.2 Å². The summed E-state index contributed by atoms with van der Waals surface area (Å²) in [4.78, 5) is 18.3. The molecule has 0 saturated heterocycles. The lowest BCUT2D eigenvalue weighted by Crippen LogP contribution is -2.07. The summed E-state index contributed by atoms with van der Waals surface area (Å²) in [6, 6.07) is 7.95. The highest BCUT2D eigenvalue weighted by Gasteiger charge is 2.18. The molecule has 2 heterocycles. The molecule has 2 aromatic rings. The van der Waals surface area contributed by atoms with Crippen molar-refractivity contribution in [3.63, 3.8) is 0 Å². The summed E-state index contributed by atoms with van der Waals surface area (Å²) < 4.78 is 0. The van der Waals surface area contributed by atoms with E-state index >= 15 is 0 Å². The number of aromatic nitrogens is 1. The van der Waals surface area contributed by atoms with E-state index in [0.717, 1.165) is 16.9 Å². The van der Waals surface area contributed by atoms with Gasteiger partial charge in [0.15, 0.2) is 5.78 Å². The molecule has 0 saturated carbocycles. The van der Waals surface area contributed by atoms with Crippen LogP contribution >= 0.6 is 11.3 Å². The van der Waals surface area contributed by atoms with Gasteiger partial charge in [0.25, 0.3) is 0 Å². The number of carbonyl (C=O) groups excluding carboxylic acids is 1. The van der Waals surface area contributed by atoms with Crippen molar-refractivity contribution >= 4 is 17.1 Å². The zero-order valence-corrected chi connectivity index (χ0v) is 12.5. The number of thiophene rings is 1. The van der Waals surface area contributed by atoms with Crippen LogP contribution in [-0.2, 0) is 11.8 Å². The van der Waals surface area contributed by atoms with Crippen LogP contribution in [0.1, 0.15) is 47.3 Å². The monoisotopic (exact) mass is 273 g/mol. The molecule has 0 spiro atoms. The number of rotatable bonds is 4. The lowest BCUT2D eigenvalue weighted by molar-refractivity contribution is 0.0986. The fourth-order valence-corrected chi connectivity index (χ4v) is 2.85. The molecule has 2 nitrogen and oxygen atoms in total. The van der Waals surface area contributed by atoms with Crippen molar-refractivity contribution in [2.24, 2.45) is 0 Å². The summed E-state index contributed by atoms with van der Waals surface area (Å²) in [7, 11) is 0. The van der Waals surface area contributed by atoms with E-state index in [0.29, 0.717) is 6.42 Å². The van der Waals surface area contributed by atoms with Gasteiger partial charge in [-0.15, -0.1) is 11.3 Å². The van der Waals surface area contributed by atoms with Gasteiger partial charge < -0.3 is 0 Å². The van der Waals surface area contributed by atoms with Gasteiger partial charge in [-0.3, -0.25) is 9.78 Å². The molecule has 0 atom stereocenters. The van der Waals surface area contributed by atoms with Crippen LogP contribution in [0.25, 0.3) is 0 Å². The van der Waals surface area contributed by atoms with E-state index in [4.69, 9.17) is 0 Å². The zero-order valence-electron chi connectivity index (χ0n) is 11.6. The molecule has 0 aromatic carbocycles. The molecule has 0 aliphatic heterocycles. The maximum atomic E-state index is 12.2. The highest BCUT2D eigenvalue weighted by Crippen LogP contribution is 2.30. The van der Waals surface area contributed by atoms with Gasteiger partial charge in [-0.2, -0.15) is 0 Å². The Labute approximate surface area is 118 Å². The lowest BCUT2D eigenvalue weighted by Gasteiger charge is -2.15. The van der Waals surface area contributed by atoms with E-state index in [2.05, 4.69) is 31.8 Å². The van der Waals surface area contributed by atoms with Crippen molar-refractivity contribution in [3.8, 4) is 0 Å². The van der Waals surface area contributed by atoms with E-state index in [1.54, 1.807) is 23.7 Å². The predicted molar refractivity (Wildman–Crippen MR) is 79.9 cm³/mol. The van der Waals surface area contributed by atoms with Crippen LogP contribution in [0, 0.1) is 0 Å². The van der Waals surface area contributed by atoms with Gasteiger partial charge in [-0.1, -0.05) is 20.8 Å².